The Labute approximate surface area is 273 Å². The van der Waals surface area contributed by atoms with Crippen LogP contribution >= 0.6 is 0 Å². The van der Waals surface area contributed by atoms with Gasteiger partial charge in [-0.3, -0.25) is 0 Å². The van der Waals surface area contributed by atoms with Crippen molar-refractivity contribution in [1.82, 2.24) is 0 Å². The zero-order valence-electron chi connectivity index (χ0n) is 26.6. The van der Waals surface area contributed by atoms with E-state index in [0.29, 0.717) is 30.0 Å². The van der Waals surface area contributed by atoms with Crippen molar-refractivity contribution in [2.75, 3.05) is 13.2 Å². The van der Waals surface area contributed by atoms with Crippen LogP contribution in [0.25, 0.3) is 18.0 Å². The van der Waals surface area contributed by atoms with Crippen LogP contribution in [0.1, 0.15) is 50.9 Å². The first kappa shape index (κ1) is 33.5. The topological polar surface area (TPSA) is 178 Å². The van der Waals surface area contributed by atoms with E-state index in [1.165, 1.54) is 0 Å². The molecule has 0 bridgehead atoms. The van der Waals surface area contributed by atoms with Gasteiger partial charge in [0.25, 0.3) is 5.95 Å². The summed E-state index contributed by atoms with van der Waals surface area (Å²) in [6, 6.07) is 9.52. The molecule has 4 aliphatic rings. The molecule has 2 saturated carbocycles. The molecule has 3 fully saturated rings. The highest BCUT2D eigenvalue weighted by Crippen LogP contribution is 2.62. The summed E-state index contributed by atoms with van der Waals surface area (Å²) >= 11 is 0. The summed E-state index contributed by atoms with van der Waals surface area (Å²) in [4.78, 5) is 8.44. The number of aliphatic hydroxyl groups excluding tert-OH is 5. The molecule has 0 amide bonds. The van der Waals surface area contributed by atoms with Gasteiger partial charge in [-0.25, -0.2) is 9.98 Å². The minimum absolute atomic E-state index is 0.00706. The van der Waals surface area contributed by atoms with Crippen molar-refractivity contribution in [3.63, 3.8) is 0 Å². The van der Waals surface area contributed by atoms with Crippen LogP contribution in [0.4, 0.5) is 0 Å². The fourth-order valence-corrected chi connectivity index (χ4v) is 8.13. The maximum absolute atomic E-state index is 10.8. The Morgan fingerprint density at radius 1 is 1.02 bits per heavy atom. The van der Waals surface area contributed by atoms with Crippen LogP contribution in [0, 0.1) is 22.7 Å². The lowest BCUT2D eigenvalue weighted by Gasteiger charge is -2.60. The van der Waals surface area contributed by atoms with Crippen molar-refractivity contribution in [2.24, 2.45) is 32.7 Å². The minimum atomic E-state index is -1.54. The van der Waals surface area contributed by atoms with Gasteiger partial charge in [0.2, 0.25) is 0 Å². The van der Waals surface area contributed by atoms with Crippen LogP contribution in [-0.4, -0.2) is 93.1 Å². The molecule has 7 unspecified atom stereocenters. The van der Waals surface area contributed by atoms with E-state index in [1.807, 2.05) is 43.3 Å². The number of aliphatic imine (C=N–C) groups is 2. The SMILES string of the molecule is C=C1CCC2[C@](C)(CC[C@@H](OC3OC(CO)C(O)C(O)C3O)[C@@]2(C)CO)C1C=Cc1cc(C=c2ccc(=C3N=CC=N3)cc2)oc1O. The van der Waals surface area contributed by atoms with Crippen molar-refractivity contribution in [3.8, 4) is 5.95 Å². The predicted octanol–water partition coefficient (Wildman–Crippen LogP) is 1.61. The monoisotopic (exact) mass is 648 g/mol. The van der Waals surface area contributed by atoms with E-state index in [2.05, 4.69) is 29.6 Å². The van der Waals surface area contributed by atoms with Gasteiger partial charge in [-0.1, -0.05) is 62.4 Å². The Hall–Kier alpha value is -3.42. The van der Waals surface area contributed by atoms with Crippen molar-refractivity contribution in [2.45, 2.75) is 76.3 Å². The molecule has 1 aromatic heterocycles. The standard InChI is InChI=1S/C36H44N2O9/c1-20-4-11-27-35(2,13-12-28(36(27,3)19-40)47-34-31(43)30(42)29(41)26(18-39)46-34)25(20)10-9-23-17-24(45-33(23)44)16-21-5-7-22(8-6-21)32-37-14-15-38-32/h5-10,14-17,25-31,34,39-44H,1,4,11-13,18-19H2,2-3H3/t25?,26?,27?,28-,29?,30?,31?,34?,35-,36+/m1/s1. The van der Waals surface area contributed by atoms with Gasteiger partial charge in [0.15, 0.2) is 12.1 Å². The van der Waals surface area contributed by atoms with Gasteiger partial charge >= 0.3 is 0 Å². The summed E-state index contributed by atoms with van der Waals surface area (Å²) in [5.41, 5.74) is 0.571. The molecule has 11 heteroatoms. The minimum Gasteiger partial charge on any atom is -0.480 e. The van der Waals surface area contributed by atoms with E-state index in [9.17, 15) is 30.6 Å². The van der Waals surface area contributed by atoms with E-state index in [0.717, 1.165) is 28.9 Å². The van der Waals surface area contributed by atoms with Gasteiger partial charge in [0.1, 0.15) is 30.2 Å². The number of fused-ring (bicyclic) bond motifs is 1. The lowest BCUT2D eigenvalue weighted by molar-refractivity contribution is -0.329. The maximum atomic E-state index is 10.8. The van der Waals surface area contributed by atoms with E-state index in [1.54, 1.807) is 18.5 Å². The van der Waals surface area contributed by atoms with Gasteiger partial charge in [0.05, 0.1) is 24.9 Å². The lowest BCUT2D eigenvalue weighted by Crippen LogP contribution is -2.63. The van der Waals surface area contributed by atoms with Gasteiger partial charge in [-0.05, 0) is 54.4 Å². The number of aliphatic hydroxyl groups is 5. The molecule has 2 aliphatic carbocycles. The summed E-state index contributed by atoms with van der Waals surface area (Å²) in [6.45, 7) is 7.86. The maximum Gasteiger partial charge on any atom is 0.289 e. The number of aromatic hydroxyl groups is 1. The van der Waals surface area contributed by atoms with Crippen LogP contribution in [0.5, 0.6) is 5.95 Å². The molecule has 1 saturated heterocycles. The molecule has 0 radical (unpaired) electrons. The Bertz CT molecular complexity index is 1660. The zero-order chi connectivity index (χ0) is 33.5. The van der Waals surface area contributed by atoms with Gasteiger partial charge in [-0.15, -0.1) is 0 Å². The zero-order valence-corrected chi connectivity index (χ0v) is 26.6. The first-order valence-corrected chi connectivity index (χ1v) is 16.1. The number of hydrogen-bond donors (Lipinski definition) is 6. The fourth-order valence-electron chi connectivity index (χ4n) is 8.13. The first-order chi connectivity index (χ1) is 22.5. The van der Waals surface area contributed by atoms with Crippen LogP contribution in [-0.2, 0) is 9.47 Å². The van der Waals surface area contributed by atoms with Crippen molar-refractivity contribution in [3.05, 3.63) is 70.3 Å². The molecular weight excluding hydrogens is 604 g/mol. The molecule has 6 rings (SSSR count). The number of furan rings is 1. The van der Waals surface area contributed by atoms with Crippen LogP contribution in [0.2, 0.25) is 0 Å². The smallest absolute Gasteiger partial charge is 0.289 e. The van der Waals surface area contributed by atoms with Crippen molar-refractivity contribution < 1.29 is 44.5 Å². The highest BCUT2D eigenvalue weighted by molar-refractivity contribution is 6.20. The van der Waals surface area contributed by atoms with Crippen LogP contribution in [0.3, 0.4) is 0 Å². The summed E-state index contributed by atoms with van der Waals surface area (Å²) in [5, 5.41) is 64.0. The highest BCUT2D eigenvalue weighted by Gasteiger charge is 2.59. The van der Waals surface area contributed by atoms with E-state index < -0.39 is 48.8 Å². The summed E-state index contributed by atoms with van der Waals surface area (Å²) in [6.07, 6.45) is 4.41. The van der Waals surface area contributed by atoms with Gasteiger partial charge in [0, 0.05) is 29.0 Å². The fraction of sp³-hybridized carbons (Fsp3) is 0.500. The second kappa shape index (κ2) is 13.2. The van der Waals surface area contributed by atoms with E-state index in [4.69, 9.17) is 13.9 Å². The number of hydrogen-bond acceptors (Lipinski definition) is 11. The number of allylic oxidation sites excluding steroid dienone is 2. The Morgan fingerprint density at radius 2 is 1.74 bits per heavy atom. The Balaban J connectivity index is 1.21. The average molecular weight is 649 g/mol. The Morgan fingerprint density at radius 3 is 2.43 bits per heavy atom. The number of nitrogens with zero attached hydrogens (tertiary/aromatic N) is 2. The molecule has 1 aromatic carbocycles. The third-order valence-corrected chi connectivity index (χ3v) is 10.8. The molecule has 2 aliphatic heterocycles. The third kappa shape index (κ3) is 6.17. The van der Waals surface area contributed by atoms with E-state index >= 15 is 0 Å². The highest BCUT2D eigenvalue weighted by atomic mass is 16.7. The third-order valence-electron chi connectivity index (χ3n) is 10.8. The van der Waals surface area contributed by atoms with Crippen molar-refractivity contribution in [1.29, 1.82) is 0 Å². The largest absolute Gasteiger partial charge is 0.480 e. The normalized spacial score (nSPS) is 37.1. The molecule has 6 N–H and O–H groups in total. The number of benzene rings is 1. The molecule has 3 heterocycles. The Kier molecular flexibility index (Phi) is 9.43. The predicted molar refractivity (Wildman–Crippen MR) is 176 cm³/mol. The molecule has 252 valence electrons. The molecule has 2 aromatic rings. The second-order valence-electron chi connectivity index (χ2n) is 13.7. The average Bonchev–Trinajstić information content (AvgIpc) is 3.72. The van der Waals surface area contributed by atoms with E-state index in [-0.39, 0.29) is 29.8 Å². The second-order valence-corrected chi connectivity index (χ2v) is 13.7. The quantitative estimate of drug-likeness (QED) is 0.192. The molecule has 10 atom stereocenters. The molecule has 0 spiro atoms. The van der Waals surface area contributed by atoms with Crippen molar-refractivity contribution >= 4 is 30.4 Å². The van der Waals surface area contributed by atoms with Gasteiger partial charge in [-0.2, -0.15) is 0 Å². The molecule has 11 nitrogen and oxygen atoms in total. The summed E-state index contributed by atoms with van der Waals surface area (Å²) < 4.78 is 17.6. The number of ether oxygens (including phenoxy) is 2. The van der Waals surface area contributed by atoms with Gasteiger partial charge < -0.3 is 44.5 Å². The molecule has 47 heavy (non-hydrogen) atoms. The molecular formula is C36H44N2O9. The van der Waals surface area contributed by atoms with Crippen LogP contribution in [0.15, 0.2) is 63.0 Å². The lowest BCUT2D eigenvalue weighted by atomic mass is 9.46. The number of rotatable bonds is 7. The summed E-state index contributed by atoms with van der Waals surface area (Å²) in [7, 11) is 0. The first-order valence-electron chi connectivity index (χ1n) is 16.1. The summed E-state index contributed by atoms with van der Waals surface area (Å²) in [5.74, 6) is 0.911. The van der Waals surface area contributed by atoms with Crippen LogP contribution < -0.4 is 10.4 Å².